The first-order chi connectivity index (χ1) is 12.0. The lowest BCUT2D eigenvalue weighted by Crippen LogP contribution is -2.24. The van der Waals surface area contributed by atoms with Crippen LogP contribution in [0, 0.1) is 0 Å². The van der Waals surface area contributed by atoms with Crippen molar-refractivity contribution >= 4 is 52.4 Å². The van der Waals surface area contributed by atoms with E-state index in [4.69, 9.17) is 34.8 Å². The van der Waals surface area contributed by atoms with Gasteiger partial charge in [0.05, 0.1) is 5.69 Å². The van der Waals surface area contributed by atoms with E-state index in [2.05, 4.69) is 4.98 Å². The molecule has 3 rings (SSSR count). The highest BCUT2D eigenvalue weighted by Gasteiger charge is 2.11. The molecule has 2 heterocycles. The predicted molar refractivity (Wildman–Crippen MR) is 102 cm³/mol. The molecule has 0 bridgehead atoms. The number of aromatic nitrogens is 2. The van der Waals surface area contributed by atoms with Gasteiger partial charge in [-0.2, -0.15) is 0 Å². The van der Waals surface area contributed by atoms with Gasteiger partial charge in [-0.1, -0.05) is 46.9 Å². The highest BCUT2D eigenvalue weighted by atomic mass is 35.5. The van der Waals surface area contributed by atoms with E-state index < -0.39 is 0 Å². The first-order valence-corrected chi connectivity index (χ1v) is 8.59. The molecule has 0 spiro atoms. The smallest absolute Gasteiger partial charge is 0.246 e. The molecule has 0 aliphatic heterocycles. The third kappa shape index (κ3) is 3.98. The molecular weight excluding hydrogens is 381 g/mol. The van der Waals surface area contributed by atoms with Crippen LogP contribution in [0.15, 0.2) is 48.7 Å². The molecule has 0 atom stereocenters. The highest BCUT2D eigenvalue weighted by Crippen LogP contribution is 2.22. The molecule has 2 aromatic heterocycles. The summed E-state index contributed by atoms with van der Waals surface area (Å²) >= 11 is 18.2. The van der Waals surface area contributed by atoms with Gasteiger partial charge in [-0.3, -0.25) is 9.20 Å². The Hall–Kier alpha value is -2.01. The average molecular weight is 395 g/mol. The van der Waals surface area contributed by atoms with E-state index >= 15 is 0 Å². The SMILES string of the molecule is CN(Cc1ccc(Cl)cc1Cl)C(=O)/C=C/c1c(Cl)nc2ccccn12. The van der Waals surface area contributed by atoms with E-state index in [1.54, 1.807) is 36.2 Å². The van der Waals surface area contributed by atoms with E-state index in [-0.39, 0.29) is 5.91 Å². The second-order valence-electron chi connectivity index (χ2n) is 5.48. The van der Waals surface area contributed by atoms with E-state index in [1.165, 1.54) is 6.08 Å². The molecule has 4 nitrogen and oxygen atoms in total. The van der Waals surface area contributed by atoms with Gasteiger partial charge < -0.3 is 4.90 Å². The van der Waals surface area contributed by atoms with Gasteiger partial charge in [-0.15, -0.1) is 0 Å². The summed E-state index contributed by atoms with van der Waals surface area (Å²) in [5, 5.41) is 1.43. The van der Waals surface area contributed by atoms with Crippen LogP contribution < -0.4 is 0 Å². The van der Waals surface area contributed by atoms with Crippen molar-refractivity contribution in [1.82, 2.24) is 14.3 Å². The number of carbonyl (C=O) groups is 1. The van der Waals surface area contributed by atoms with E-state index in [0.29, 0.717) is 27.4 Å². The van der Waals surface area contributed by atoms with Crippen molar-refractivity contribution in [3.63, 3.8) is 0 Å². The first kappa shape index (κ1) is 17.8. The number of amides is 1. The quantitative estimate of drug-likeness (QED) is 0.586. The highest BCUT2D eigenvalue weighted by molar-refractivity contribution is 6.35. The number of fused-ring (bicyclic) bond motifs is 1. The number of imidazole rings is 1. The van der Waals surface area contributed by atoms with Crippen molar-refractivity contribution in [3.05, 3.63) is 75.1 Å². The standard InChI is InChI=1S/C18H14Cl3N3O/c1-23(11-12-5-6-13(19)10-14(12)20)17(25)8-7-15-18(21)22-16-4-2-3-9-24(15)16/h2-10H,11H2,1H3/b8-7+. The van der Waals surface area contributed by atoms with Crippen molar-refractivity contribution in [1.29, 1.82) is 0 Å². The minimum atomic E-state index is -0.173. The zero-order valence-electron chi connectivity index (χ0n) is 13.3. The van der Waals surface area contributed by atoms with Crippen LogP contribution in [0.3, 0.4) is 0 Å². The van der Waals surface area contributed by atoms with Gasteiger partial charge in [0.15, 0.2) is 5.15 Å². The van der Waals surface area contributed by atoms with Crippen molar-refractivity contribution in [2.75, 3.05) is 7.05 Å². The number of nitrogens with zero attached hydrogens (tertiary/aromatic N) is 3. The van der Waals surface area contributed by atoms with Crippen molar-refractivity contribution in [2.45, 2.75) is 6.54 Å². The maximum atomic E-state index is 12.4. The van der Waals surface area contributed by atoms with E-state index in [1.807, 2.05) is 28.8 Å². The number of hydrogen-bond donors (Lipinski definition) is 0. The number of rotatable bonds is 4. The first-order valence-electron chi connectivity index (χ1n) is 7.45. The Bertz CT molecular complexity index is 965. The van der Waals surface area contributed by atoms with Gasteiger partial charge in [-0.05, 0) is 35.9 Å². The maximum absolute atomic E-state index is 12.4. The maximum Gasteiger partial charge on any atom is 0.246 e. The van der Waals surface area contributed by atoms with Gasteiger partial charge in [0, 0.05) is 35.9 Å². The molecule has 3 aromatic rings. The molecule has 0 aliphatic rings. The summed E-state index contributed by atoms with van der Waals surface area (Å²) in [5.74, 6) is -0.173. The summed E-state index contributed by atoms with van der Waals surface area (Å²) in [6.07, 6.45) is 4.96. The van der Waals surface area contributed by atoms with Crippen molar-refractivity contribution in [2.24, 2.45) is 0 Å². The Labute approximate surface area is 160 Å². The summed E-state index contributed by atoms with van der Waals surface area (Å²) in [6.45, 7) is 0.375. The second kappa shape index (κ2) is 7.48. The van der Waals surface area contributed by atoms with Gasteiger partial charge in [0.2, 0.25) is 5.91 Å². The normalized spacial score (nSPS) is 11.4. The fourth-order valence-corrected chi connectivity index (χ4v) is 3.10. The van der Waals surface area contributed by atoms with Crippen LogP contribution in [0.4, 0.5) is 0 Å². The number of pyridine rings is 1. The molecule has 7 heteroatoms. The third-order valence-electron chi connectivity index (χ3n) is 3.70. The fourth-order valence-electron chi connectivity index (χ4n) is 2.40. The summed E-state index contributed by atoms with van der Waals surface area (Å²) in [4.78, 5) is 18.2. The zero-order valence-corrected chi connectivity index (χ0v) is 15.6. The van der Waals surface area contributed by atoms with Crippen LogP contribution in [0.25, 0.3) is 11.7 Å². The molecular formula is C18H14Cl3N3O. The Kier molecular flexibility index (Phi) is 5.33. The molecule has 0 N–H and O–H groups in total. The Balaban J connectivity index is 1.76. The molecule has 1 aromatic carbocycles. The van der Waals surface area contributed by atoms with Gasteiger partial charge in [0.25, 0.3) is 0 Å². The largest absolute Gasteiger partial charge is 0.338 e. The summed E-state index contributed by atoms with van der Waals surface area (Å²) in [6, 6.07) is 10.8. The molecule has 0 saturated heterocycles. The lowest BCUT2D eigenvalue weighted by atomic mass is 10.2. The molecule has 0 radical (unpaired) electrons. The Morgan fingerprint density at radius 2 is 2.04 bits per heavy atom. The van der Waals surface area contributed by atoms with E-state index in [0.717, 1.165) is 11.2 Å². The third-order valence-corrected chi connectivity index (χ3v) is 4.57. The Morgan fingerprint density at radius 1 is 1.24 bits per heavy atom. The topological polar surface area (TPSA) is 37.6 Å². The lowest BCUT2D eigenvalue weighted by Gasteiger charge is -2.16. The molecule has 0 saturated carbocycles. The number of halogens is 3. The molecule has 0 unspecified atom stereocenters. The summed E-state index contributed by atoms with van der Waals surface area (Å²) < 4.78 is 1.82. The van der Waals surface area contributed by atoms with Gasteiger partial charge >= 0.3 is 0 Å². The molecule has 0 fully saturated rings. The van der Waals surface area contributed by atoms with Crippen LogP contribution in [-0.4, -0.2) is 27.2 Å². The van der Waals surface area contributed by atoms with Gasteiger partial charge in [-0.25, -0.2) is 4.98 Å². The van der Waals surface area contributed by atoms with Crippen molar-refractivity contribution < 1.29 is 4.79 Å². The predicted octanol–water partition coefficient (Wildman–Crippen LogP) is 4.97. The Morgan fingerprint density at radius 3 is 2.80 bits per heavy atom. The molecule has 25 heavy (non-hydrogen) atoms. The lowest BCUT2D eigenvalue weighted by molar-refractivity contribution is -0.125. The van der Waals surface area contributed by atoms with Crippen LogP contribution in [0.5, 0.6) is 0 Å². The number of hydrogen-bond acceptors (Lipinski definition) is 2. The average Bonchev–Trinajstić information content (AvgIpc) is 2.90. The zero-order chi connectivity index (χ0) is 18.0. The van der Waals surface area contributed by atoms with Crippen LogP contribution in [0.1, 0.15) is 11.3 Å². The minimum Gasteiger partial charge on any atom is -0.338 e. The van der Waals surface area contributed by atoms with Crippen LogP contribution in [0.2, 0.25) is 15.2 Å². The number of likely N-dealkylation sites (N-methyl/N-ethyl adjacent to an activating group) is 1. The van der Waals surface area contributed by atoms with Gasteiger partial charge in [0.1, 0.15) is 5.65 Å². The monoisotopic (exact) mass is 393 g/mol. The summed E-state index contributed by atoms with van der Waals surface area (Å²) in [5.41, 5.74) is 2.20. The number of benzene rings is 1. The summed E-state index contributed by atoms with van der Waals surface area (Å²) in [7, 11) is 1.70. The van der Waals surface area contributed by atoms with E-state index in [9.17, 15) is 4.79 Å². The van der Waals surface area contributed by atoms with Crippen LogP contribution >= 0.6 is 34.8 Å². The van der Waals surface area contributed by atoms with Crippen LogP contribution in [-0.2, 0) is 11.3 Å². The molecule has 0 aliphatic carbocycles. The van der Waals surface area contributed by atoms with Crippen molar-refractivity contribution in [3.8, 4) is 0 Å². The number of carbonyl (C=O) groups excluding carboxylic acids is 1. The molecule has 128 valence electrons. The second-order valence-corrected chi connectivity index (χ2v) is 6.68. The fraction of sp³-hybridized carbons (Fsp3) is 0.111. The molecule has 1 amide bonds. The minimum absolute atomic E-state index is 0.173.